The second-order valence-electron chi connectivity index (χ2n) is 6.20. The molecule has 0 bridgehead atoms. The topological polar surface area (TPSA) is 74.8 Å². The first kappa shape index (κ1) is 18.5. The lowest BCUT2D eigenvalue weighted by Crippen LogP contribution is -2.26. The summed E-state index contributed by atoms with van der Waals surface area (Å²) >= 11 is 3.35. The van der Waals surface area contributed by atoms with Crippen LogP contribution in [0.4, 0.5) is 0 Å². The van der Waals surface area contributed by atoms with Crippen molar-refractivity contribution >= 4 is 34.4 Å². The molecule has 0 unspecified atom stereocenters. The van der Waals surface area contributed by atoms with Crippen LogP contribution in [0.25, 0.3) is 10.6 Å². The first-order valence-electron chi connectivity index (χ1n) is 8.36. The fourth-order valence-corrected chi connectivity index (χ4v) is 4.67. The lowest BCUT2D eigenvalue weighted by molar-refractivity contribution is 0.0949. The predicted molar refractivity (Wildman–Crippen MR) is 106 cm³/mol. The Morgan fingerprint density at radius 3 is 2.62 bits per heavy atom. The van der Waals surface area contributed by atoms with Gasteiger partial charge in [0.25, 0.3) is 5.91 Å². The number of nitrogens with zero attached hydrogens (tertiary/aromatic N) is 1. The second-order valence-corrected chi connectivity index (χ2v) is 8.44. The van der Waals surface area contributed by atoms with E-state index in [1.807, 2.05) is 13.8 Å². The molecule has 0 atom stereocenters. The quantitative estimate of drug-likeness (QED) is 0.619. The molecule has 5 nitrogen and oxygen atoms in total. The molecule has 2 N–H and O–H groups in total. The number of nitrogens with one attached hydrogen (secondary N) is 2. The Balaban J connectivity index is 1.60. The van der Waals surface area contributed by atoms with Crippen LogP contribution < -0.4 is 5.32 Å². The fraction of sp³-hybridized carbons (Fsp3) is 0.316. The Labute approximate surface area is 160 Å². The van der Waals surface area contributed by atoms with Gasteiger partial charge >= 0.3 is 0 Å². The average molecular weight is 388 g/mol. The number of H-pyrrole nitrogens is 1. The minimum atomic E-state index is -0.176. The summed E-state index contributed by atoms with van der Waals surface area (Å²) in [5.41, 5.74) is 3.54. The summed E-state index contributed by atoms with van der Waals surface area (Å²) < 4.78 is 0. The SMILES string of the molecule is CC(=O)c1c(C)[nH]c(C(=O)NCCc2ccc(-c3csc(C)n3)s2)c1C. The lowest BCUT2D eigenvalue weighted by Gasteiger charge is -2.04. The molecule has 0 spiro atoms. The van der Waals surface area contributed by atoms with E-state index in [2.05, 4.69) is 32.8 Å². The van der Waals surface area contributed by atoms with E-state index in [9.17, 15) is 9.59 Å². The number of rotatable bonds is 6. The maximum atomic E-state index is 12.4. The van der Waals surface area contributed by atoms with Gasteiger partial charge in [-0.05, 0) is 51.8 Å². The summed E-state index contributed by atoms with van der Waals surface area (Å²) in [7, 11) is 0. The van der Waals surface area contributed by atoms with Crippen molar-refractivity contribution in [1.82, 2.24) is 15.3 Å². The summed E-state index contributed by atoms with van der Waals surface area (Å²) in [6.07, 6.45) is 0.762. The van der Waals surface area contributed by atoms with Gasteiger partial charge in [-0.15, -0.1) is 22.7 Å². The highest BCUT2D eigenvalue weighted by Crippen LogP contribution is 2.29. The Morgan fingerprint density at radius 1 is 1.23 bits per heavy atom. The Morgan fingerprint density at radius 2 is 2.00 bits per heavy atom. The Bertz CT molecular complexity index is 966. The number of hydrogen-bond acceptors (Lipinski definition) is 5. The summed E-state index contributed by atoms with van der Waals surface area (Å²) in [6.45, 7) is 7.68. The first-order chi connectivity index (χ1) is 12.4. The lowest BCUT2D eigenvalue weighted by atomic mass is 10.1. The number of ketones is 1. The molecule has 0 saturated heterocycles. The molecule has 26 heavy (non-hydrogen) atoms. The number of thiophene rings is 1. The fourth-order valence-electron chi connectivity index (χ4n) is 3.02. The van der Waals surface area contributed by atoms with Crippen molar-refractivity contribution in [2.45, 2.75) is 34.1 Å². The van der Waals surface area contributed by atoms with E-state index in [-0.39, 0.29) is 11.7 Å². The van der Waals surface area contributed by atoms with Crippen molar-refractivity contribution < 1.29 is 9.59 Å². The van der Waals surface area contributed by atoms with E-state index in [0.717, 1.165) is 27.7 Å². The van der Waals surface area contributed by atoms with Gasteiger partial charge in [0.05, 0.1) is 15.6 Å². The van der Waals surface area contributed by atoms with E-state index in [4.69, 9.17) is 0 Å². The van der Waals surface area contributed by atoms with E-state index >= 15 is 0 Å². The molecule has 0 fully saturated rings. The molecule has 3 aromatic rings. The molecule has 0 aliphatic carbocycles. The van der Waals surface area contributed by atoms with Gasteiger partial charge in [-0.25, -0.2) is 4.98 Å². The molecule has 7 heteroatoms. The molecular formula is C19H21N3O2S2. The van der Waals surface area contributed by atoms with Crippen LogP contribution in [0.5, 0.6) is 0 Å². The summed E-state index contributed by atoms with van der Waals surface area (Å²) in [4.78, 5) is 34.0. The van der Waals surface area contributed by atoms with Gasteiger partial charge in [0.15, 0.2) is 5.78 Å². The number of Topliss-reactive ketones (excluding diaryl/α,β-unsaturated/α-hetero) is 1. The van der Waals surface area contributed by atoms with Crippen molar-refractivity contribution in [3.05, 3.63) is 49.9 Å². The van der Waals surface area contributed by atoms with Crippen LogP contribution in [0.1, 0.15) is 48.9 Å². The first-order valence-corrected chi connectivity index (χ1v) is 10.1. The molecule has 136 valence electrons. The molecule has 3 rings (SSSR count). The van der Waals surface area contributed by atoms with Crippen LogP contribution in [-0.4, -0.2) is 28.2 Å². The van der Waals surface area contributed by atoms with Gasteiger partial charge in [0, 0.05) is 28.1 Å². The largest absolute Gasteiger partial charge is 0.354 e. The number of aryl methyl sites for hydroxylation is 2. The monoisotopic (exact) mass is 387 g/mol. The third-order valence-electron chi connectivity index (χ3n) is 4.21. The second kappa shape index (κ2) is 7.55. The van der Waals surface area contributed by atoms with Crippen LogP contribution in [0.2, 0.25) is 0 Å². The van der Waals surface area contributed by atoms with Crippen LogP contribution in [0, 0.1) is 20.8 Å². The maximum absolute atomic E-state index is 12.4. The number of carbonyl (C=O) groups excluding carboxylic acids is 2. The van der Waals surface area contributed by atoms with Gasteiger partial charge in [0.1, 0.15) is 5.69 Å². The van der Waals surface area contributed by atoms with Crippen LogP contribution >= 0.6 is 22.7 Å². The third kappa shape index (κ3) is 3.78. The molecule has 0 radical (unpaired) electrons. The predicted octanol–water partition coefficient (Wildman–Crippen LogP) is 4.30. The van der Waals surface area contributed by atoms with Crippen molar-refractivity contribution in [2.24, 2.45) is 0 Å². The highest BCUT2D eigenvalue weighted by Gasteiger charge is 2.19. The minimum Gasteiger partial charge on any atom is -0.354 e. The molecule has 0 aliphatic rings. The standard InChI is InChI=1S/C19H21N3O2S2/c1-10-17(12(3)23)11(2)21-18(10)19(24)20-8-7-14-5-6-16(26-14)15-9-25-13(4)22-15/h5-6,9,21H,7-8H2,1-4H3,(H,20,24). The van der Waals surface area contributed by atoms with Gasteiger partial charge in [-0.1, -0.05) is 0 Å². The van der Waals surface area contributed by atoms with Gasteiger partial charge in [-0.3, -0.25) is 9.59 Å². The molecule has 0 saturated carbocycles. The Hall–Kier alpha value is -2.25. The van der Waals surface area contributed by atoms with E-state index in [1.165, 1.54) is 11.8 Å². The van der Waals surface area contributed by atoms with Gasteiger partial charge in [-0.2, -0.15) is 0 Å². The van der Waals surface area contributed by atoms with Gasteiger partial charge in [0.2, 0.25) is 0 Å². The van der Waals surface area contributed by atoms with Crippen LogP contribution in [-0.2, 0) is 6.42 Å². The average Bonchev–Trinajstić information content (AvgIpc) is 3.26. The van der Waals surface area contributed by atoms with E-state index < -0.39 is 0 Å². The zero-order valence-corrected chi connectivity index (χ0v) is 16.9. The van der Waals surface area contributed by atoms with E-state index in [0.29, 0.717) is 23.4 Å². The number of amides is 1. The zero-order valence-electron chi connectivity index (χ0n) is 15.2. The molecular weight excluding hydrogens is 366 g/mol. The maximum Gasteiger partial charge on any atom is 0.268 e. The van der Waals surface area contributed by atoms with Crippen molar-refractivity contribution in [3.8, 4) is 10.6 Å². The number of carbonyl (C=O) groups is 2. The van der Waals surface area contributed by atoms with Crippen LogP contribution in [0.3, 0.4) is 0 Å². The number of thiazole rings is 1. The number of aromatic amines is 1. The van der Waals surface area contributed by atoms with Crippen molar-refractivity contribution in [2.75, 3.05) is 6.54 Å². The highest BCUT2D eigenvalue weighted by atomic mass is 32.1. The summed E-state index contributed by atoms with van der Waals surface area (Å²) in [5.74, 6) is -0.205. The summed E-state index contributed by atoms with van der Waals surface area (Å²) in [5, 5.41) is 6.06. The summed E-state index contributed by atoms with van der Waals surface area (Å²) in [6, 6.07) is 4.16. The molecule has 1 amide bonds. The molecule has 3 heterocycles. The minimum absolute atomic E-state index is 0.0290. The molecule has 3 aromatic heterocycles. The smallest absolute Gasteiger partial charge is 0.268 e. The van der Waals surface area contributed by atoms with Crippen molar-refractivity contribution in [1.29, 1.82) is 0 Å². The normalized spacial score (nSPS) is 10.9. The van der Waals surface area contributed by atoms with Crippen LogP contribution in [0.15, 0.2) is 17.5 Å². The third-order valence-corrected chi connectivity index (χ3v) is 6.15. The van der Waals surface area contributed by atoms with Gasteiger partial charge < -0.3 is 10.3 Å². The molecule has 0 aromatic carbocycles. The zero-order chi connectivity index (χ0) is 18.8. The van der Waals surface area contributed by atoms with E-state index in [1.54, 1.807) is 29.6 Å². The highest BCUT2D eigenvalue weighted by molar-refractivity contribution is 7.16. The Kier molecular flexibility index (Phi) is 5.38. The number of hydrogen-bond donors (Lipinski definition) is 2. The number of aromatic nitrogens is 2. The van der Waals surface area contributed by atoms with Crippen molar-refractivity contribution in [3.63, 3.8) is 0 Å². The molecule has 0 aliphatic heterocycles.